The molecule has 0 heterocycles. The number of hydrogen-bond acceptors (Lipinski definition) is 1. The molecule has 1 aliphatic carbocycles. The van der Waals surface area contributed by atoms with Crippen molar-refractivity contribution in [3.8, 4) is 0 Å². The molecule has 2 unspecified atom stereocenters. The zero-order valence-electron chi connectivity index (χ0n) is 9.03. The van der Waals surface area contributed by atoms with Crippen molar-refractivity contribution in [3.63, 3.8) is 0 Å². The van der Waals surface area contributed by atoms with Gasteiger partial charge in [-0.05, 0) is 30.4 Å². The number of halogens is 1. The van der Waals surface area contributed by atoms with E-state index in [1.54, 1.807) is 0 Å². The number of rotatable bonds is 2. The van der Waals surface area contributed by atoms with E-state index in [0.29, 0.717) is 6.42 Å². The van der Waals surface area contributed by atoms with Crippen molar-refractivity contribution in [1.82, 2.24) is 0 Å². The van der Waals surface area contributed by atoms with Crippen LogP contribution in [0.2, 0.25) is 0 Å². The molecule has 0 spiro atoms. The van der Waals surface area contributed by atoms with Gasteiger partial charge in [0.05, 0.1) is 0 Å². The van der Waals surface area contributed by atoms with Crippen molar-refractivity contribution in [2.45, 2.75) is 37.8 Å². The molecule has 1 aromatic carbocycles. The topological polar surface area (TPSA) is 37.3 Å². The Labute approximate surface area is 94.1 Å². The molecule has 86 valence electrons. The van der Waals surface area contributed by atoms with Crippen LogP contribution >= 0.6 is 0 Å². The van der Waals surface area contributed by atoms with E-state index in [1.165, 1.54) is 0 Å². The van der Waals surface area contributed by atoms with Gasteiger partial charge in [-0.25, -0.2) is 9.18 Å². The van der Waals surface area contributed by atoms with Crippen LogP contribution in [0, 0.1) is 0 Å². The van der Waals surface area contributed by atoms with Crippen LogP contribution in [0.1, 0.15) is 36.3 Å². The number of alkyl halides is 1. The summed E-state index contributed by atoms with van der Waals surface area (Å²) in [6, 6.07) is 7.62. The number of fused-ring (bicyclic) bond motifs is 1. The fourth-order valence-electron chi connectivity index (χ4n) is 2.43. The van der Waals surface area contributed by atoms with E-state index < -0.39 is 18.1 Å². The molecule has 0 saturated carbocycles. The molecule has 0 bridgehead atoms. The minimum Gasteiger partial charge on any atom is -0.479 e. The molecule has 0 aliphatic heterocycles. The highest BCUT2D eigenvalue weighted by molar-refractivity contribution is 5.73. The first kappa shape index (κ1) is 11.1. The highest BCUT2D eigenvalue weighted by Gasteiger charge is 2.31. The van der Waals surface area contributed by atoms with Gasteiger partial charge < -0.3 is 5.11 Å². The van der Waals surface area contributed by atoms with Crippen LogP contribution in [0.3, 0.4) is 0 Å². The third-order valence-electron chi connectivity index (χ3n) is 3.25. The van der Waals surface area contributed by atoms with Crippen LogP contribution in [0.25, 0.3) is 0 Å². The van der Waals surface area contributed by atoms with Crippen molar-refractivity contribution in [2.75, 3.05) is 0 Å². The second kappa shape index (κ2) is 4.64. The zero-order chi connectivity index (χ0) is 11.5. The monoisotopic (exact) mass is 222 g/mol. The fourth-order valence-corrected chi connectivity index (χ4v) is 2.43. The predicted molar refractivity (Wildman–Crippen MR) is 59.3 cm³/mol. The Morgan fingerprint density at radius 2 is 2.12 bits per heavy atom. The van der Waals surface area contributed by atoms with Crippen molar-refractivity contribution in [3.05, 3.63) is 35.4 Å². The molecular formula is C13H15FO2. The van der Waals surface area contributed by atoms with Crippen LogP contribution in [0.15, 0.2) is 24.3 Å². The average Bonchev–Trinajstić information content (AvgIpc) is 2.50. The number of carboxylic acids is 1. The van der Waals surface area contributed by atoms with Crippen molar-refractivity contribution in [2.24, 2.45) is 0 Å². The van der Waals surface area contributed by atoms with Gasteiger partial charge in [-0.15, -0.1) is 0 Å². The van der Waals surface area contributed by atoms with Crippen molar-refractivity contribution in [1.29, 1.82) is 0 Å². The SMILES string of the molecule is O=C(O)C(F)C1CCCCc2ccccc21. The molecule has 2 nitrogen and oxygen atoms in total. The van der Waals surface area contributed by atoms with Gasteiger partial charge in [-0.3, -0.25) is 0 Å². The largest absolute Gasteiger partial charge is 0.479 e. The molecule has 0 saturated heterocycles. The van der Waals surface area contributed by atoms with E-state index in [4.69, 9.17) is 5.11 Å². The van der Waals surface area contributed by atoms with Gasteiger partial charge in [-0.1, -0.05) is 30.7 Å². The third kappa shape index (κ3) is 2.08. The van der Waals surface area contributed by atoms with Gasteiger partial charge in [-0.2, -0.15) is 0 Å². The van der Waals surface area contributed by atoms with Gasteiger partial charge in [0.25, 0.3) is 0 Å². The number of carbonyl (C=O) groups is 1. The van der Waals surface area contributed by atoms with Crippen molar-refractivity contribution >= 4 is 5.97 Å². The second-order valence-corrected chi connectivity index (χ2v) is 4.29. The quantitative estimate of drug-likeness (QED) is 0.781. The van der Waals surface area contributed by atoms with Crippen LogP contribution in [0.4, 0.5) is 4.39 Å². The highest BCUT2D eigenvalue weighted by atomic mass is 19.1. The first-order chi connectivity index (χ1) is 7.70. The van der Waals surface area contributed by atoms with E-state index in [2.05, 4.69) is 0 Å². The van der Waals surface area contributed by atoms with Crippen LogP contribution in [-0.2, 0) is 11.2 Å². The Bertz CT molecular complexity index is 389. The molecule has 3 heteroatoms. The summed E-state index contributed by atoms with van der Waals surface area (Å²) in [5.74, 6) is -1.82. The minimum atomic E-state index is -1.78. The minimum absolute atomic E-state index is 0.476. The van der Waals surface area contributed by atoms with Crippen LogP contribution in [-0.4, -0.2) is 17.2 Å². The molecule has 2 atom stereocenters. The Morgan fingerprint density at radius 1 is 1.38 bits per heavy atom. The summed E-state index contributed by atoms with van der Waals surface area (Å²) in [5, 5.41) is 8.78. The first-order valence-electron chi connectivity index (χ1n) is 5.65. The van der Waals surface area contributed by atoms with Gasteiger partial charge in [0, 0.05) is 5.92 Å². The molecule has 0 amide bonds. The van der Waals surface area contributed by atoms with E-state index in [0.717, 1.165) is 30.4 Å². The summed E-state index contributed by atoms with van der Waals surface area (Å²) >= 11 is 0. The fraction of sp³-hybridized carbons (Fsp3) is 0.462. The van der Waals surface area contributed by atoms with Gasteiger partial charge in [0.1, 0.15) is 0 Å². The Hall–Kier alpha value is -1.38. The van der Waals surface area contributed by atoms with E-state index in [9.17, 15) is 9.18 Å². The molecule has 1 aromatic rings. The summed E-state index contributed by atoms with van der Waals surface area (Å²) < 4.78 is 13.7. The number of hydrogen-bond donors (Lipinski definition) is 1. The van der Waals surface area contributed by atoms with Crippen LogP contribution in [0.5, 0.6) is 0 Å². The van der Waals surface area contributed by atoms with Gasteiger partial charge in [0.2, 0.25) is 6.17 Å². The highest BCUT2D eigenvalue weighted by Crippen LogP contribution is 2.34. The van der Waals surface area contributed by atoms with Gasteiger partial charge >= 0.3 is 5.97 Å². The Balaban J connectivity index is 2.36. The second-order valence-electron chi connectivity index (χ2n) is 4.29. The maximum absolute atomic E-state index is 13.7. The molecule has 16 heavy (non-hydrogen) atoms. The molecule has 2 rings (SSSR count). The maximum atomic E-state index is 13.7. The normalized spacial score (nSPS) is 21.9. The van der Waals surface area contributed by atoms with E-state index in [-0.39, 0.29) is 0 Å². The Kier molecular flexibility index (Phi) is 3.22. The molecule has 1 N–H and O–H groups in total. The summed E-state index contributed by atoms with van der Waals surface area (Å²) in [6.07, 6.45) is 1.69. The van der Waals surface area contributed by atoms with Gasteiger partial charge in [0.15, 0.2) is 0 Å². The first-order valence-corrected chi connectivity index (χ1v) is 5.65. The van der Waals surface area contributed by atoms with E-state index >= 15 is 0 Å². The lowest BCUT2D eigenvalue weighted by atomic mass is 9.89. The smallest absolute Gasteiger partial charge is 0.338 e. The molecule has 1 aliphatic rings. The maximum Gasteiger partial charge on any atom is 0.338 e. The molecular weight excluding hydrogens is 207 g/mol. The Morgan fingerprint density at radius 3 is 2.88 bits per heavy atom. The van der Waals surface area contributed by atoms with Crippen LogP contribution < -0.4 is 0 Å². The molecule has 0 aromatic heterocycles. The summed E-state index contributed by atoms with van der Waals surface area (Å²) in [7, 11) is 0. The number of aryl methyl sites for hydroxylation is 1. The summed E-state index contributed by atoms with van der Waals surface area (Å²) in [6.45, 7) is 0. The standard InChI is InChI=1S/C13H15FO2/c14-12(13(15)16)11-8-4-2-6-9-5-1-3-7-10(9)11/h1,3,5,7,11-12H,2,4,6,8H2,(H,15,16). The lowest BCUT2D eigenvalue weighted by Crippen LogP contribution is -2.23. The number of aliphatic carboxylic acids is 1. The number of benzene rings is 1. The predicted octanol–water partition coefficient (Wildman–Crippen LogP) is 2.92. The van der Waals surface area contributed by atoms with E-state index in [1.807, 2.05) is 24.3 Å². The summed E-state index contributed by atoms with van der Waals surface area (Å²) in [4.78, 5) is 10.7. The summed E-state index contributed by atoms with van der Waals surface area (Å²) in [5.41, 5.74) is 1.99. The van der Waals surface area contributed by atoms with Crippen molar-refractivity contribution < 1.29 is 14.3 Å². The lowest BCUT2D eigenvalue weighted by Gasteiger charge is -2.18. The number of carboxylic acid groups (broad SMARTS) is 1. The zero-order valence-corrected chi connectivity index (χ0v) is 9.03. The lowest BCUT2D eigenvalue weighted by molar-refractivity contribution is -0.143. The average molecular weight is 222 g/mol. The molecule has 0 radical (unpaired) electrons. The molecule has 0 fully saturated rings. The third-order valence-corrected chi connectivity index (χ3v) is 3.25.